The number of H-pyrrole nitrogens is 1. The van der Waals surface area contributed by atoms with E-state index in [-0.39, 0.29) is 11.4 Å². The van der Waals surface area contributed by atoms with Crippen LogP contribution < -0.4 is 4.72 Å². The maximum Gasteiger partial charge on any atom is 0.175 e. The van der Waals surface area contributed by atoms with E-state index >= 15 is 0 Å². The summed E-state index contributed by atoms with van der Waals surface area (Å²) < 4.78 is 32.8. The summed E-state index contributed by atoms with van der Waals surface area (Å²) in [5.74, 6) is -0.399. The van der Waals surface area contributed by atoms with Gasteiger partial charge in [0, 0.05) is 23.7 Å². The summed E-state index contributed by atoms with van der Waals surface area (Å²) in [5, 5.41) is 2.93. The van der Waals surface area contributed by atoms with Crippen molar-refractivity contribution < 1.29 is 8.78 Å². The van der Waals surface area contributed by atoms with Crippen molar-refractivity contribution in [1.82, 2.24) is 14.8 Å². The van der Waals surface area contributed by atoms with E-state index in [0.717, 1.165) is 23.4 Å². The van der Waals surface area contributed by atoms with Crippen LogP contribution in [0.25, 0.3) is 16.9 Å². The zero-order chi connectivity index (χ0) is 16.2. The second-order valence-electron chi connectivity index (χ2n) is 4.97. The normalized spacial score (nSPS) is 10.9. The predicted octanol–water partition coefficient (Wildman–Crippen LogP) is 4.62. The van der Waals surface area contributed by atoms with Crippen LogP contribution in [-0.4, -0.2) is 20.5 Å². The molecule has 2 aromatic heterocycles. The molecule has 0 saturated carbocycles. The van der Waals surface area contributed by atoms with Crippen LogP contribution in [0.2, 0.25) is 0 Å². The molecule has 1 aromatic carbocycles. The summed E-state index contributed by atoms with van der Waals surface area (Å²) in [7, 11) is 0. The number of benzene rings is 1. The molecule has 0 saturated heterocycles. The molecule has 23 heavy (non-hydrogen) atoms. The van der Waals surface area contributed by atoms with Crippen LogP contribution >= 0.6 is 11.9 Å². The number of halogens is 2. The molecule has 2 heterocycles. The lowest BCUT2D eigenvalue weighted by Crippen LogP contribution is -2.13. The minimum atomic E-state index is -0.623. The molecule has 0 bridgehead atoms. The van der Waals surface area contributed by atoms with E-state index in [0.29, 0.717) is 0 Å². The zero-order valence-electron chi connectivity index (χ0n) is 12.5. The van der Waals surface area contributed by atoms with Gasteiger partial charge in [-0.15, -0.1) is 0 Å². The van der Waals surface area contributed by atoms with Gasteiger partial charge in [-0.3, -0.25) is 14.8 Å². The molecule has 0 radical (unpaired) electrons. The fourth-order valence-corrected chi connectivity index (χ4v) is 2.73. The predicted molar refractivity (Wildman–Crippen MR) is 89.6 cm³/mol. The number of nitrogens with one attached hydrogen (secondary N) is 2. The third-order valence-corrected chi connectivity index (χ3v) is 4.24. The lowest BCUT2D eigenvalue weighted by Gasteiger charge is -2.18. The Morgan fingerprint density at radius 1 is 1.30 bits per heavy atom. The van der Waals surface area contributed by atoms with Crippen LogP contribution in [0.15, 0.2) is 42.9 Å². The number of aromatic amines is 1. The molecule has 0 atom stereocenters. The summed E-state index contributed by atoms with van der Waals surface area (Å²) in [6.45, 7) is 2.04. The summed E-state index contributed by atoms with van der Waals surface area (Å²) in [6.07, 6.45) is 5.96. The van der Waals surface area contributed by atoms with E-state index in [4.69, 9.17) is 0 Å². The average molecular weight is 334 g/mol. The minimum Gasteiger partial charge on any atom is -0.327 e. The summed E-state index contributed by atoms with van der Waals surface area (Å²) in [4.78, 5) is 4.02. The largest absolute Gasteiger partial charge is 0.327 e. The molecule has 7 heteroatoms. The van der Waals surface area contributed by atoms with Crippen molar-refractivity contribution in [2.24, 2.45) is 0 Å². The Balaban J connectivity index is 1.86. The van der Waals surface area contributed by atoms with Crippen molar-refractivity contribution in [2.75, 3.05) is 10.5 Å². The third kappa shape index (κ3) is 3.24. The number of nitrogens with zero attached hydrogens (tertiary/aromatic N) is 2. The Bertz CT molecular complexity index is 771. The quantitative estimate of drug-likeness (QED) is 0.511. The molecule has 0 unspecified atom stereocenters. The van der Waals surface area contributed by atoms with Crippen molar-refractivity contribution in [3.8, 4) is 16.9 Å². The molecule has 4 nitrogen and oxygen atoms in total. The molecule has 0 aliphatic heterocycles. The fraction of sp³-hybridized carbons (Fsp3) is 0.188. The SMILES string of the molecule is CCCSNc1ccc(F)c(-n2cc(-c3cccnc3)[nH]2)c1F. The maximum absolute atomic E-state index is 14.5. The first kappa shape index (κ1) is 15.6. The molecule has 3 rings (SSSR count). The molecule has 2 N–H and O–H groups in total. The molecule has 0 aliphatic carbocycles. The molecular weight excluding hydrogens is 318 g/mol. The molecule has 0 aliphatic rings. The third-order valence-electron chi connectivity index (χ3n) is 3.27. The van der Waals surface area contributed by atoms with Crippen molar-refractivity contribution in [1.29, 1.82) is 0 Å². The van der Waals surface area contributed by atoms with Crippen LogP contribution in [-0.2, 0) is 0 Å². The van der Waals surface area contributed by atoms with E-state index in [2.05, 4.69) is 14.8 Å². The summed E-state index contributed by atoms with van der Waals surface area (Å²) in [5.41, 5.74) is 1.76. The van der Waals surface area contributed by atoms with Gasteiger partial charge in [-0.25, -0.2) is 8.78 Å². The second-order valence-corrected chi connectivity index (χ2v) is 5.88. The Hall–Kier alpha value is -2.28. The molecule has 0 spiro atoms. The average Bonchev–Trinajstić information content (AvgIpc) is 2.52. The van der Waals surface area contributed by atoms with Gasteiger partial charge < -0.3 is 4.72 Å². The van der Waals surface area contributed by atoms with Gasteiger partial charge in [0.1, 0.15) is 5.69 Å². The van der Waals surface area contributed by atoms with E-state index < -0.39 is 11.6 Å². The first-order chi connectivity index (χ1) is 11.2. The molecule has 120 valence electrons. The van der Waals surface area contributed by atoms with Gasteiger partial charge in [0.2, 0.25) is 0 Å². The monoisotopic (exact) mass is 334 g/mol. The van der Waals surface area contributed by atoms with E-state index in [1.807, 2.05) is 13.0 Å². The van der Waals surface area contributed by atoms with E-state index in [9.17, 15) is 8.78 Å². The fourth-order valence-electron chi connectivity index (χ4n) is 2.11. The Morgan fingerprint density at radius 3 is 2.83 bits per heavy atom. The van der Waals surface area contributed by atoms with Gasteiger partial charge in [0.15, 0.2) is 11.6 Å². The van der Waals surface area contributed by atoms with Crippen LogP contribution in [0, 0.1) is 11.6 Å². The Kier molecular flexibility index (Phi) is 4.66. The van der Waals surface area contributed by atoms with Crippen molar-refractivity contribution in [2.45, 2.75) is 13.3 Å². The van der Waals surface area contributed by atoms with E-state index in [1.165, 1.54) is 28.8 Å². The number of aromatic nitrogens is 3. The van der Waals surface area contributed by atoms with Crippen LogP contribution in [0.3, 0.4) is 0 Å². The maximum atomic E-state index is 14.5. The smallest absolute Gasteiger partial charge is 0.175 e. The first-order valence-electron chi connectivity index (χ1n) is 7.24. The van der Waals surface area contributed by atoms with Gasteiger partial charge in [0.05, 0.1) is 17.6 Å². The highest BCUT2D eigenvalue weighted by Gasteiger charge is 2.18. The van der Waals surface area contributed by atoms with Crippen molar-refractivity contribution >= 4 is 17.6 Å². The summed E-state index contributed by atoms with van der Waals surface area (Å²) >= 11 is 1.39. The number of hydrogen-bond acceptors (Lipinski definition) is 3. The van der Waals surface area contributed by atoms with Crippen LogP contribution in [0.4, 0.5) is 14.5 Å². The summed E-state index contributed by atoms with van der Waals surface area (Å²) in [6, 6.07) is 6.33. The van der Waals surface area contributed by atoms with Gasteiger partial charge >= 0.3 is 0 Å². The standard InChI is InChI=1S/C16H16F2N4S/c1-2-8-23-21-13-6-5-12(17)16(15(13)18)22-10-14(20-22)11-4-3-7-19-9-11/h3-7,9-10,20-21H,2,8H2,1H3. The van der Waals surface area contributed by atoms with Gasteiger partial charge in [0.25, 0.3) is 0 Å². The van der Waals surface area contributed by atoms with Crippen LogP contribution in [0.1, 0.15) is 13.3 Å². The number of anilines is 1. The lowest BCUT2D eigenvalue weighted by atomic mass is 10.2. The molecule has 0 amide bonds. The first-order valence-corrected chi connectivity index (χ1v) is 8.23. The van der Waals surface area contributed by atoms with Crippen molar-refractivity contribution in [3.05, 3.63) is 54.5 Å². The molecule has 0 fully saturated rings. The molecule has 3 aromatic rings. The van der Waals surface area contributed by atoms with Gasteiger partial charge in [-0.1, -0.05) is 18.9 Å². The highest BCUT2D eigenvalue weighted by atomic mass is 32.2. The minimum absolute atomic E-state index is 0.125. The number of rotatable bonds is 6. The highest BCUT2D eigenvalue weighted by Crippen LogP contribution is 2.28. The number of hydrogen-bond donors (Lipinski definition) is 2. The van der Waals surface area contributed by atoms with Gasteiger partial charge in [-0.05, 0) is 30.7 Å². The zero-order valence-corrected chi connectivity index (χ0v) is 13.3. The second kappa shape index (κ2) is 6.87. The van der Waals surface area contributed by atoms with E-state index in [1.54, 1.807) is 24.7 Å². The van der Waals surface area contributed by atoms with Gasteiger partial charge in [-0.2, -0.15) is 0 Å². The molecular formula is C16H16F2N4S. The Morgan fingerprint density at radius 2 is 2.13 bits per heavy atom. The Labute approximate surface area is 137 Å². The number of pyridine rings is 1. The van der Waals surface area contributed by atoms with Crippen molar-refractivity contribution in [3.63, 3.8) is 0 Å². The highest BCUT2D eigenvalue weighted by molar-refractivity contribution is 8.00. The van der Waals surface area contributed by atoms with Crippen LogP contribution in [0.5, 0.6) is 0 Å². The topological polar surface area (TPSA) is 45.6 Å². The lowest BCUT2D eigenvalue weighted by molar-refractivity contribution is 0.556.